The lowest BCUT2D eigenvalue weighted by Gasteiger charge is -2.47. The average molecular weight is 444 g/mol. The predicted octanol–water partition coefficient (Wildman–Crippen LogP) is 2.41. The van der Waals surface area contributed by atoms with E-state index in [-0.39, 0.29) is 0 Å². The van der Waals surface area contributed by atoms with Gasteiger partial charge in [0.2, 0.25) is 0 Å². The van der Waals surface area contributed by atoms with Crippen LogP contribution in [0.15, 0.2) is 30.3 Å². The molecule has 0 aliphatic carbocycles. The minimum Gasteiger partial charge on any atom is -0.485 e. The molecule has 31 heavy (non-hydrogen) atoms. The van der Waals surface area contributed by atoms with Gasteiger partial charge >= 0.3 is 0 Å². The molecule has 0 bridgehead atoms. The van der Waals surface area contributed by atoms with E-state index in [1.54, 1.807) is 30.3 Å². The second kappa shape index (κ2) is 8.97. The molecule has 2 aliphatic heterocycles. The second-order valence-corrected chi connectivity index (χ2v) is 8.71. The quantitative estimate of drug-likeness (QED) is 0.752. The fraction of sp³-hybridized carbons (Fsp3) is 0.500. The molecule has 2 aromatic rings. The van der Waals surface area contributed by atoms with E-state index in [1.165, 1.54) is 0 Å². The number of rotatable bonds is 5. The highest BCUT2D eigenvalue weighted by Crippen LogP contribution is 2.44. The third-order valence-corrected chi connectivity index (χ3v) is 6.05. The fourth-order valence-corrected chi connectivity index (χ4v) is 4.21. The molecule has 0 saturated carbocycles. The van der Waals surface area contributed by atoms with Crippen molar-refractivity contribution in [3.8, 4) is 11.8 Å². The van der Waals surface area contributed by atoms with Crippen molar-refractivity contribution in [2.45, 2.75) is 31.6 Å². The highest BCUT2D eigenvalue weighted by atomic mass is 35.5. The Bertz CT molecular complexity index is 957. The zero-order chi connectivity index (χ0) is 22.0. The maximum Gasteiger partial charge on any atom is 0.151 e. The number of hydrogen-bond donors (Lipinski definition) is 1. The summed E-state index contributed by atoms with van der Waals surface area (Å²) >= 11 is 5.98. The Hall–Kier alpha value is -2.44. The first kappa shape index (κ1) is 21.8. The number of morpholine rings is 1. The fourth-order valence-electron chi connectivity index (χ4n) is 4.11. The van der Waals surface area contributed by atoms with Crippen molar-refractivity contribution in [2.24, 2.45) is 0 Å². The van der Waals surface area contributed by atoms with Crippen LogP contribution in [0.1, 0.15) is 31.0 Å². The number of fused-ring (bicyclic) bond motifs is 1. The molecule has 1 fully saturated rings. The minimum atomic E-state index is -0.865. The number of nitrogens with zero attached hydrogens (tertiary/aromatic N) is 5. The van der Waals surface area contributed by atoms with E-state index in [0.717, 1.165) is 25.2 Å². The summed E-state index contributed by atoms with van der Waals surface area (Å²) < 4.78 is 11.5. The van der Waals surface area contributed by atoms with Crippen molar-refractivity contribution in [3.05, 3.63) is 46.6 Å². The molecule has 0 radical (unpaired) electrons. The molecule has 1 N–H and O–H groups in total. The van der Waals surface area contributed by atoms with E-state index < -0.39 is 17.7 Å². The van der Waals surface area contributed by atoms with Crippen LogP contribution in [0.25, 0.3) is 0 Å². The van der Waals surface area contributed by atoms with Gasteiger partial charge in [-0.25, -0.2) is 0 Å². The number of aliphatic hydroxyl groups is 1. The first-order chi connectivity index (χ1) is 14.9. The summed E-state index contributed by atoms with van der Waals surface area (Å²) in [5, 5.41) is 29.4. The van der Waals surface area contributed by atoms with Crippen LogP contribution in [0.2, 0.25) is 5.15 Å². The highest BCUT2D eigenvalue weighted by Gasteiger charge is 2.46. The molecule has 1 aromatic carbocycles. The van der Waals surface area contributed by atoms with E-state index in [2.05, 4.69) is 21.2 Å². The van der Waals surface area contributed by atoms with Crippen molar-refractivity contribution >= 4 is 17.4 Å². The molecule has 0 amide bonds. The largest absolute Gasteiger partial charge is 0.485 e. The lowest BCUT2D eigenvalue weighted by Crippen LogP contribution is -2.55. The number of ether oxygens (including phenoxy) is 2. The van der Waals surface area contributed by atoms with Gasteiger partial charge in [0.15, 0.2) is 11.0 Å². The monoisotopic (exact) mass is 443 g/mol. The third kappa shape index (κ3) is 4.60. The zero-order valence-corrected chi connectivity index (χ0v) is 18.4. The van der Waals surface area contributed by atoms with Crippen molar-refractivity contribution < 1.29 is 14.6 Å². The first-order valence-corrected chi connectivity index (χ1v) is 10.7. The molecule has 4 rings (SSSR count). The molecule has 1 aromatic heterocycles. The predicted molar refractivity (Wildman–Crippen MR) is 116 cm³/mol. The van der Waals surface area contributed by atoms with Crippen LogP contribution in [0, 0.1) is 11.3 Å². The summed E-state index contributed by atoms with van der Waals surface area (Å²) in [7, 11) is 0. The molecule has 9 heteroatoms. The number of anilines is 1. The van der Waals surface area contributed by atoms with Gasteiger partial charge < -0.3 is 19.5 Å². The van der Waals surface area contributed by atoms with Gasteiger partial charge in [-0.05, 0) is 44.2 Å². The summed E-state index contributed by atoms with van der Waals surface area (Å²) in [5.74, 6) is 1.25. The van der Waals surface area contributed by atoms with Gasteiger partial charge in [0.05, 0.1) is 30.9 Å². The molecule has 3 heterocycles. The normalized spacial score (nSPS) is 22.8. The third-order valence-electron chi connectivity index (χ3n) is 5.85. The van der Waals surface area contributed by atoms with Gasteiger partial charge in [-0.1, -0.05) is 11.6 Å². The Balaban J connectivity index is 1.74. The first-order valence-electron chi connectivity index (χ1n) is 10.4. The molecule has 2 atom stereocenters. The van der Waals surface area contributed by atoms with Gasteiger partial charge in [-0.15, -0.1) is 10.2 Å². The number of hydrogen-bond acceptors (Lipinski definition) is 8. The Morgan fingerprint density at radius 1 is 1.26 bits per heavy atom. The van der Waals surface area contributed by atoms with Crippen LogP contribution >= 0.6 is 11.6 Å². The van der Waals surface area contributed by atoms with Crippen LogP contribution in [0.5, 0.6) is 5.75 Å². The lowest BCUT2D eigenvalue weighted by molar-refractivity contribution is -0.0592. The van der Waals surface area contributed by atoms with Gasteiger partial charge in [-0.2, -0.15) is 5.26 Å². The summed E-state index contributed by atoms with van der Waals surface area (Å²) in [6, 6.07) is 10.5. The van der Waals surface area contributed by atoms with Crippen LogP contribution in [0.3, 0.4) is 0 Å². The van der Waals surface area contributed by atoms with Crippen LogP contribution in [-0.2, 0) is 4.74 Å². The van der Waals surface area contributed by atoms with E-state index in [0.29, 0.717) is 42.0 Å². The molecular formula is C22H26ClN5O3. The standard InChI is InChI=1S/C22H26ClN5O3/c1-22(2)21(29)20(16-13-15(14-24)3-4-17(16)31-22)28(19-6-5-18(23)25-26-19)8-7-27-9-11-30-12-10-27/h3-6,13,20-21,29H,7-12H2,1-2H3/t20-,21+/m0/s1. The van der Waals surface area contributed by atoms with Crippen LogP contribution in [-0.4, -0.2) is 71.3 Å². The van der Waals surface area contributed by atoms with Crippen molar-refractivity contribution in [1.29, 1.82) is 5.26 Å². The summed E-state index contributed by atoms with van der Waals surface area (Å²) in [4.78, 5) is 4.36. The Kier molecular flexibility index (Phi) is 6.30. The SMILES string of the molecule is CC1(C)Oc2ccc(C#N)cc2[C@H](N(CCN2CCOCC2)c2ccc(Cl)nn2)[C@H]1O. The maximum absolute atomic E-state index is 11.4. The molecule has 164 valence electrons. The Labute approximate surface area is 187 Å². The van der Waals surface area contributed by atoms with Crippen molar-refractivity contribution in [1.82, 2.24) is 15.1 Å². The number of benzene rings is 1. The molecule has 0 unspecified atom stereocenters. The highest BCUT2D eigenvalue weighted by molar-refractivity contribution is 6.29. The van der Waals surface area contributed by atoms with E-state index in [4.69, 9.17) is 21.1 Å². The molecular weight excluding hydrogens is 418 g/mol. The van der Waals surface area contributed by atoms with E-state index >= 15 is 0 Å². The Morgan fingerprint density at radius 2 is 2.03 bits per heavy atom. The van der Waals surface area contributed by atoms with E-state index in [9.17, 15) is 10.4 Å². The maximum atomic E-state index is 11.4. The smallest absolute Gasteiger partial charge is 0.151 e. The minimum absolute atomic E-state index is 0.303. The second-order valence-electron chi connectivity index (χ2n) is 8.32. The van der Waals surface area contributed by atoms with Crippen molar-refractivity contribution in [3.63, 3.8) is 0 Å². The topological polar surface area (TPSA) is 94.7 Å². The zero-order valence-electron chi connectivity index (χ0n) is 17.7. The Morgan fingerprint density at radius 3 is 2.71 bits per heavy atom. The average Bonchev–Trinajstić information content (AvgIpc) is 2.77. The van der Waals surface area contributed by atoms with Gasteiger partial charge in [0, 0.05) is 31.7 Å². The molecule has 1 saturated heterocycles. The van der Waals surface area contributed by atoms with Crippen LogP contribution in [0.4, 0.5) is 5.82 Å². The molecule has 8 nitrogen and oxygen atoms in total. The van der Waals surface area contributed by atoms with Gasteiger partial charge in [0.1, 0.15) is 17.5 Å². The molecule has 0 spiro atoms. The number of nitriles is 1. The lowest BCUT2D eigenvalue weighted by atomic mass is 9.85. The van der Waals surface area contributed by atoms with Crippen molar-refractivity contribution in [2.75, 3.05) is 44.3 Å². The van der Waals surface area contributed by atoms with E-state index in [1.807, 2.05) is 18.7 Å². The van der Waals surface area contributed by atoms with Gasteiger partial charge in [0.25, 0.3) is 0 Å². The van der Waals surface area contributed by atoms with Crippen LogP contribution < -0.4 is 9.64 Å². The number of halogens is 1. The number of aliphatic hydroxyl groups excluding tert-OH is 1. The number of aromatic nitrogens is 2. The van der Waals surface area contributed by atoms with Gasteiger partial charge in [-0.3, -0.25) is 4.90 Å². The molecule has 2 aliphatic rings. The summed E-state index contributed by atoms with van der Waals surface area (Å²) in [6.07, 6.45) is -0.865. The summed E-state index contributed by atoms with van der Waals surface area (Å²) in [6.45, 7) is 8.23. The summed E-state index contributed by atoms with van der Waals surface area (Å²) in [5.41, 5.74) is 0.433.